The summed E-state index contributed by atoms with van der Waals surface area (Å²) >= 11 is 5.35. The first-order valence-corrected chi connectivity index (χ1v) is 7.14. The fourth-order valence-electron chi connectivity index (χ4n) is 2.23. The number of fused-ring (bicyclic) bond motifs is 1. The second-order valence-electron chi connectivity index (χ2n) is 4.82. The van der Waals surface area contributed by atoms with E-state index in [1.165, 1.54) is 5.39 Å². The van der Waals surface area contributed by atoms with Crippen molar-refractivity contribution in [2.24, 2.45) is 7.05 Å². The van der Waals surface area contributed by atoms with E-state index in [1.807, 2.05) is 43.6 Å². The number of nitrogens with zero attached hydrogens (tertiary/aromatic N) is 2. The summed E-state index contributed by atoms with van der Waals surface area (Å²) in [4.78, 5) is 0. The van der Waals surface area contributed by atoms with Crippen LogP contribution in [-0.4, -0.2) is 14.9 Å². The molecule has 0 aliphatic carbocycles. The average molecular weight is 296 g/mol. The van der Waals surface area contributed by atoms with Crippen LogP contribution < -0.4 is 10.6 Å². The van der Waals surface area contributed by atoms with Crippen LogP contribution >= 0.6 is 12.2 Å². The number of hydrogen-bond donors (Lipinski definition) is 2. The van der Waals surface area contributed by atoms with Crippen LogP contribution in [0.2, 0.25) is 0 Å². The molecule has 3 aromatic rings. The van der Waals surface area contributed by atoms with E-state index in [4.69, 9.17) is 12.2 Å². The Morgan fingerprint density at radius 2 is 1.95 bits per heavy atom. The average Bonchev–Trinajstić information content (AvgIpc) is 2.91. The number of nitrogens with one attached hydrogen (secondary N) is 2. The van der Waals surface area contributed by atoms with Gasteiger partial charge in [-0.2, -0.15) is 5.10 Å². The Morgan fingerprint density at radius 3 is 2.76 bits per heavy atom. The lowest BCUT2D eigenvalue weighted by Gasteiger charge is -2.11. The number of aromatic nitrogens is 2. The van der Waals surface area contributed by atoms with Crippen molar-refractivity contribution in [3.05, 3.63) is 60.4 Å². The van der Waals surface area contributed by atoms with Crippen molar-refractivity contribution in [3.63, 3.8) is 0 Å². The zero-order chi connectivity index (χ0) is 14.7. The van der Waals surface area contributed by atoms with E-state index in [0.717, 1.165) is 16.8 Å². The molecule has 0 atom stereocenters. The number of anilines is 1. The molecule has 1 heterocycles. The van der Waals surface area contributed by atoms with Crippen molar-refractivity contribution in [1.29, 1.82) is 0 Å². The Labute approximate surface area is 128 Å². The summed E-state index contributed by atoms with van der Waals surface area (Å²) < 4.78 is 1.78. The van der Waals surface area contributed by atoms with E-state index in [9.17, 15) is 0 Å². The topological polar surface area (TPSA) is 41.9 Å². The lowest BCUT2D eigenvalue weighted by Crippen LogP contribution is -2.28. The minimum Gasteiger partial charge on any atom is -0.357 e. The van der Waals surface area contributed by atoms with Crippen molar-refractivity contribution in [2.45, 2.75) is 6.54 Å². The van der Waals surface area contributed by atoms with Gasteiger partial charge in [0.15, 0.2) is 5.11 Å². The fourth-order valence-corrected chi connectivity index (χ4v) is 2.41. The quantitative estimate of drug-likeness (QED) is 0.729. The van der Waals surface area contributed by atoms with Crippen LogP contribution in [0, 0.1) is 0 Å². The highest BCUT2D eigenvalue weighted by molar-refractivity contribution is 7.80. The molecular formula is C16H16N4S. The molecule has 4 nitrogen and oxygen atoms in total. The number of benzene rings is 2. The first-order chi connectivity index (χ1) is 10.2. The molecule has 0 spiro atoms. The first-order valence-electron chi connectivity index (χ1n) is 6.73. The second-order valence-corrected chi connectivity index (χ2v) is 5.22. The van der Waals surface area contributed by atoms with Gasteiger partial charge < -0.3 is 10.6 Å². The van der Waals surface area contributed by atoms with Crippen LogP contribution in [0.4, 0.5) is 5.69 Å². The molecule has 2 aromatic carbocycles. The van der Waals surface area contributed by atoms with E-state index in [2.05, 4.69) is 33.9 Å². The Kier molecular flexibility index (Phi) is 3.83. The first kappa shape index (κ1) is 13.6. The highest BCUT2D eigenvalue weighted by Gasteiger charge is 2.03. The van der Waals surface area contributed by atoms with Gasteiger partial charge in [-0.15, -0.1) is 0 Å². The smallest absolute Gasteiger partial charge is 0.171 e. The number of thiocarbonyl (C=S) groups is 1. The van der Waals surface area contributed by atoms with Crippen molar-refractivity contribution in [3.8, 4) is 0 Å². The van der Waals surface area contributed by atoms with Crippen molar-refractivity contribution < 1.29 is 0 Å². The molecule has 5 heteroatoms. The van der Waals surface area contributed by atoms with Crippen LogP contribution in [0.25, 0.3) is 10.8 Å². The lowest BCUT2D eigenvalue weighted by atomic mass is 10.1. The molecule has 106 valence electrons. The number of rotatable bonds is 3. The molecule has 0 fully saturated rings. The molecule has 0 aliphatic heterocycles. The van der Waals surface area contributed by atoms with Crippen LogP contribution in [0.15, 0.2) is 54.7 Å². The van der Waals surface area contributed by atoms with Crippen LogP contribution in [-0.2, 0) is 13.6 Å². The minimum atomic E-state index is 0.594. The summed E-state index contributed by atoms with van der Waals surface area (Å²) in [5.41, 5.74) is 1.96. The van der Waals surface area contributed by atoms with Gasteiger partial charge in [0, 0.05) is 24.3 Å². The molecule has 0 bridgehead atoms. The molecule has 1 aromatic heterocycles. The molecule has 0 aliphatic rings. The van der Waals surface area contributed by atoms with Gasteiger partial charge in [0.05, 0.1) is 12.2 Å². The molecular weight excluding hydrogens is 280 g/mol. The zero-order valence-corrected chi connectivity index (χ0v) is 12.5. The normalized spacial score (nSPS) is 10.5. The summed E-state index contributed by atoms with van der Waals surface area (Å²) in [6.07, 6.45) is 1.91. The van der Waals surface area contributed by atoms with E-state index in [0.29, 0.717) is 11.7 Å². The van der Waals surface area contributed by atoms with E-state index in [-0.39, 0.29) is 0 Å². The fraction of sp³-hybridized carbons (Fsp3) is 0.125. The summed E-state index contributed by atoms with van der Waals surface area (Å²) in [6, 6.07) is 16.3. The Bertz CT molecular complexity index is 773. The predicted molar refractivity (Wildman–Crippen MR) is 90.2 cm³/mol. The third kappa shape index (κ3) is 3.20. The summed E-state index contributed by atoms with van der Waals surface area (Å²) in [6.45, 7) is 0.609. The zero-order valence-electron chi connectivity index (χ0n) is 11.7. The third-order valence-electron chi connectivity index (χ3n) is 3.24. The molecule has 0 saturated carbocycles. The molecule has 2 N–H and O–H groups in total. The highest BCUT2D eigenvalue weighted by atomic mass is 32.1. The highest BCUT2D eigenvalue weighted by Crippen LogP contribution is 2.22. The van der Waals surface area contributed by atoms with Crippen molar-refractivity contribution >= 4 is 33.8 Å². The van der Waals surface area contributed by atoms with Crippen molar-refractivity contribution in [1.82, 2.24) is 15.1 Å². The summed E-state index contributed by atoms with van der Waals surface area (Å²) in [7, 11) is 1.90. The summed E-state index contributed by atoms with van der Waals surface area (Å²) in [5.74, 6) is 0. The standard InChI is InChI=1S/C16H16N4S/c1-20-10-9-13(19-20)11-17-16(21)18-15-8-4-6-12-5-2-3-7-14(12)15/h2-10H,11H2,1H3,(H2,17,18,21). The maximum atomic E-state index is 5.35. The van der Waals surface area contributed by atoms with E-state index in [1.54, 1.807) is 4.68 Å². The summed E-state index contributed by atoms with van der Waals surface area (Å²) in [5, 5.41) is 13.7. The van der Waals surface area contributed by atoms with Gasteiger partial charge in [-0.1, -0.05) is 36.4 Å². The molecule has 21 heavy (non-hydrogen) atoms. The predicted octanol–water partition coefficient (Wildman–Crippen LogP) is 3.06. The molecule has 3 rings (SSSR count). The maximum Gasteiger partial charge on any atom is 0.171 e. The van der Waals surface area contributed by atoms with Gasteiger partial charge in [0.1, 0.15) is 0 Å². The van der Waals surface area contributed by atoms with E-state index < -0.39 is 0 Å². The van der Waals surface area contributed by atoms with E-state index >= 15 is 0 Å². The third-order valence-corrected chi connectivity index (χ3v) is 3.48. The van der Waals surface area contributed by atoms with Gasteiger partial charge in [-0.05, 0) is 29.7 Å². The monoisotopic (exact) mass is 296 g/mol. The van der Waals surface area contributed by atoms with Gasteiger partial charge in [0.25, 0.3) is 0 Å². The van der Waals surface area contributed by atoms with Gasteiger partial charge in [0.2, 0.25) is 0 Å². The molecule has 0 saturated heterocycles. The maximum absolute atomic E-state index is 5.35. The largest absolute Gasteiger partial charge is 0.357 e. The number of aryl methyl sites for hydroxylation is 1. The Balaban J connectivity index is 1.69. The number of hydrogen-bond acceptors (Lipinski definition) is 2. The minimum absolute atomic E-state index is 0.594. The SMILES string of the molecule is Cn1ccc(CNC(=S)Nc2cccc3ccccc23)n1. The van der Waals surface area contributed by atoms with Crippen LogP contribution in [0.1, 0.15) is 5.69 Å². The van der Waals surface area contributed by atoms with Crippen molar-refractivity contribution in [2.75, 3.05) is 5.32 Å². The van der Waals surface area contributed by atoms with Crippen LogP contribution in [0.5, 0.6) is 0 Å². The molecule has 0 unspecified atom stereocenters. The second kappa shape index (κ2) is 5.93. The Hall–Kier alpha value is -2.40. The van der Waals surface area contributed by atoms with Gasteiger partial charge >= 0.3 is 0 Å². The van der Waals surface area contributed by atoms with Gasteiger partial charge in [-0.3, -0.25) is 4.68 Å². The lowest BCUT2D eigenvalue weighted by molar-refractivity contribution is 0.731. The molecule has 0 radical (unpaired) electrons. The molecule has 0 amide bonds. The Morgan fingerprint density at radius 1 is 1.14 bits per heavy atom. The van der Waals surface area contributed by atoms with Crippen LogP contribution in [0.3, 0.4) is 0 Å². The van der Waals surface area contributed by atoms with Gasteiger partial charge in [-0.25, -0.2) is 0 Å².